The molecule has 2 N–H and O–H groups in total. The SMILES string of the molecule is CN(C)c1nc(NC2CCC(NC(=O)c3ccc(-c4ccc(F)cc4)cc3)CC2)nc2ccccc12. The van der Waals surface area contributed by atoms with Crippen molar-refractivity contribution in [3.05, 3.63) is 84.2 Å². The number of halogens is 1. The zero-order valence-electron chi connectivity index (χ0n) is 20.5. The normalized spacial score (nSPS) is 17.5. The van der Waals surface area contributed by atoms with Gasteiger partial charge < -0.3 is 15.5 Å². The highest BCUT2D eigenvalue weighted by Crippen LogP contribution is 2.27. The van der Waals surface area contributed by atoms with Crippen LogP contribution in [0.4, 0.5) is 16.2 Å². The molecule has 4 aromatic rings. The van der Waals surface area contributed by atoms with Gasteiger partial charge in [0.1, 0.15) is 11.6 Å². The molecule has 3 aromatic carbocycles. The second kappa shape index (κ2) is 10.3. The van der Waals surface area contributed by atoms with E-state index in [1.807, 2.05) is 67.5 Å². The zero-order chi connectivity index (χ0) is 25.1. The summed E-state index contributed by atoms with van der Waals surface area (Å²) in [6.45, 7) is 0. The fourth-order valence-electron chi connectivity index (χ4n) is 4.76. The second-order valence-corrected chi connectivity index (χ2v) is 9.53. The van der Waals surface area contributed by atoms with Crippen LogP contribution in [0.15, 0.2) is 72.8 Å². The van der Waals surface area contributed by atoms with Crippen LogP contribution in [0, 0.1) is 5.82 Å². The van der Waals surface area contributed by atoms with Gasteiger partial charge in [0.2, 0.25) is 5.95 Å². The van der Waals surface area contributed by atoms with Crippen LogP contribution in [0.3, 0.4) is 0 Å². The summed E-state index contributed by atoms with van der Waals surface area (Å²) in [5.41, 5.74) is 3.42. The minimum absolute atomic E-state index is 0.0643. The Morgan fingerprint density at radius 3 is 2.11 bits per heavy atom. The first-order valence-electron chi connectivity index (χ1n) is 12.3. The maximum Gasteiger partial charge on any atom is 0.251 e. The van der Waals surface area contributed by atoms with E-state index in [-0.39, 0.29) is 23.8 Å². The molecule has 0 aliphatic heterocycles. The van der Waals surface area contributed by atoms with Crippen LogP contribution < -0.4 is 15.5 Å². The molecule has 7 heteroatoms. The number of aromatic nitrogens is 2. The van der Waals surface area contributed by atoms with Gasteiger partial charge in [-0.15, -0.1) is 0 Å². The van der Waals surface area contributed by atoms with Gasteiger partial charge >= 0.3 is 0 Å². The van der Waals surface area contributed by atoms with E-state index >= 15 is 0 Å². The number of carbonyl (C=O) groups is 1. The largest absolute Gasteiger partial charge is 0.362 e. The van der Waals surface area contributed by atoms with Crippen LogP contribution in [0.1, 0.15) is 36.0 Å². The van der Waals surface area contributed by atoms with Crippen molar-refractivity contribution in [3.8, 4) is 11.1 Å². The molecule has 1 aliphatic carbocycles. The van der Waals surface area contributed by atoms with Crippen LogP contribution in [-0.2, 0) is 0 Å². The predicted molar refractivity (Wildman–Crippen MR) is 143 cm³/mol. The van der Waals surface area contributed by atoms with Gasteiger partial charge in [0.05, 0.1) is 5.52 Å². The van der Waals surface area contributed by atoms with E-state index in [2.05, 4.69) is 10.6 Å². The predicted octanol–water partition coefficient (Wildman–Crippen LogP) is 5.66. The lowest BCUT2D eigenvalue weighted by Crippen LogP contribution is -2.40. The van der Waals surface area contributed by atoms with Crippen molar-refractivity contribution in [3.63, 3.8) is 0 Å². The van der Waals surface area contributed by atoms with Crippen LogP contribution in [0.5, 0.6) is 0 Å². The summed E-state index contributed by atoms with van der Waals surface area (Å²) in [5, 5.41) is 7.73. The highest BCUT2D eigenvalue weighted by atomic mass is 19.1. The van der Waals surface area contributed by atoms with Crippen molar-refractivity contribution in [2.24, 2.45) is 0 Å². The average molecular weight is 484 g/mol. The molecule has 0 unspecified atom stereocenters. The fourth-order valence-corrected chi connectivity index (χ4v) is 4.76. The van der Waals surface area contributed by atoms with Gasteiger partial charge in [0.25, 0.3) is 5.91 Å². The number of nitrogens with zero attached hydrogens (tertiary/aromatic N) is 3. The van der Waals surface area contributed by atoms with Gasteiger partial charge in [0.15, 0.2) is 0 Å². The molecular weight excluding hydrogens is 453 g/mol. The Morgan fingerprint density at radius 2 is 1.44 bits per heavy atom. The van der Waals surface area contributed by atoms with E-state index in [0.717, 1.165) is 53.5 Å². The van der Waals surface area contributed by atoms with E-state index in [0.29, 0.717) is 11.5 Å². The monoisotopic (exact) mass is 483 g/mol. The minimum Gasteiger partial charge on any atom is -0.362 e. The molecular formula is C29H30FN5O. The summed E-state index contributed by atoms with van der Waals surface area (Å²) in [5.74, 6) is 1.22. The number of rotatable bonds is 6. The topological polar surface area (TPSA) is 70.2 Å². The van der Waals surface area contributed by atoms with E-state index in [9.17, 15) is 9.18 Å². The van der Waals surface area contributed by atoms with Crippen molar-refractivity contribution >= 4 is 28.6 Å². The van der Waals surface area contributed by atoms with E-state index < -0.39 is 0 Å². The fraction of sp³-hybridized carbons (Fsp3) is 0.276. The Morgan fingerprint density at radius 1 is 0.833 bits per heavy atom. The molecule has 0 saturated heterocycles. The lowest BCUT2D eigenvalue weighted by molar-refractivity contribution is 0.0926. The quantitative estimate of drug-likeness (QED) is 0.371. The molecule has 1 heterocycles. The minimum atomic E-state index is -0.261. The smallest absolute Gasteiger partial charge is 0.251 e. The van der Waals surface area contributed by atoms with Crippen LogP contribution in [0.25, 0.3) is 22.0 Å². The molecule has 0 radical (unpaired) electrons. The molecule has 5 rings (SSSR count). The third-order valence-electron chi connectivity index (χ3n) is 6.73. The van der Waals surface area contributed by atoms with Crippen LogP contribution >= 0.6 is 0 Å². The summed E-state index contributed by atoms with van der Waals surface area (Å²) in [4.78, 5) is 24.3. The molecule has 184 valence electrons. The molecule has 1 aliphatic rings. The van der Waals surface area contributed by atoms with Crippen molar-refractivity contribution in [2.75, 3.05) is 24.3 Å². The number of para-hydroxylation sites is 1. The van der Waals surface area contributed by atoms with Crippen molar-refractivity contribution in [1.29, 1.82) is 0 Å². The summed E-state index contributed by atoms with van der Waals surface area (Å²) >= 11 is 0. The first kappa shape index (κ1) is 23.7. The number of anilines is 2. The van der Waals surface area contributed by atoms with Crippen molar-refractivity contribution < 1.29 is 9.18 Å². The molecule has 6 nitrogen and oxygen atoms in total. The number of benzene rings is 3. The average Bonchev–Trinajstić information content (AvgIpc) is 2.90. The van der Waals surface area contributed by atoms with Crippen molar-refractivity contribution in [2.45, 2.75) is 37.8 Å². The Labute approximate surface area is 210 Å². The van der Waals surface area contributed by atoms with Crippen molar-refractivity contribution in [1.82, 2.24) is 15.3 Å². The molecule has 1 aromatic heterocycles. The number of hydrogen-bond acceptors (Lipinski definition) is 5. The van der Waals surface area contributed by atoms with Gasteiger partial charge in [-0.1, -0.05) is 36.4 Å². The Kier molecular flexibility index (Phi) is 6.80. The maximum absolute atomic E-state index is 13.2. The van der Waals surface area contributed by atoms with Gasteiger partial charge in [-0.25, -0.2) is 9.37 Å². The number of amides is 1. The molecule has 1 fully saturated rings. The first-order valence-corrected chi connectivity index (χ1v) is 12.3. The summed E-state index contributed by atoms with van der Waals surface area (Å²) < 4.78 is 13.2. The Bertz CT molecular complexity index is 1350. The number of hydrogen-bond donors (Lipinski definition) is 2. The summed E-state index contributed by atoms with van der Waals surface area (Å²) in [7, 11) is 3.98. The Balaban J connectivity index is 1.17. The molecule has 0 bridgehead atoms. The third kappa shape index (κ3) is 5.30. The number of carbonyl (C=O) groups excluding carboxylic acids is 1. The van der Waals surface area contributed by atoms with E-state index in [4.69, 9.17) is 9.97 Å². The van der Waals surface area contributed by atoms with Gasteiger partial charge in [-0.3, -0.25) is 4.79 Å². The summed E-state index contributed by atoms with van der Waals surface area (Å²) in [6.07, 6.45) is 3.65. The second-order valence-electron chi connectivity index (χ2n) is 9.53. The Hall–Kier alpha value is -4.00. The first-order chi connectivity index (χ1) is 17.5. The lowest BCUT2D eigenvalue weighted by atomic mass is 9.91. The third-order valence-corrected chi connectivity index (χ3v) is 6.73. The standard InChI is InChI=1S/C29H30FN5O/c1-35(2)27-25-5-3-4-6-26(25)33-29(34-27)32-24-17-15-23(16-18-24)31-28(36)21-9-7-19(8-10-21)20-11-13-22(30)14-12-20/h3-14,23-24H,15-18H2,1-2H3,(H,31,36)(H,32,33,34). The highest BCUT2D eigenvalue weighted by Gasteiger charge is 2.24. The van der Waals surface area contributed by atoms with Gasteiger partial charge in [-0.2, -0.15) is 4.98 Å². The van der Waals surface area contributed by atoms with E-state index in [1.165, 1.54) is 12.1 Å². The molecule has 36 heavy (non-hydrogen) atoms. The lowest BCUT2D eigenvalue weighted by Gasteiger charge is -2.30. The maximum atomic E-state index is 13.2. The van der Waals surface area contributed by atoms with Gasteiger partial charge in [0, 0.05) is 37.1 Å². The zero-order valence-corrected chi connectivity index (χ0v) is 20.5. The highest BCUT2D eigenvalue weighted by molar-refractivity contribution is 5.95. The van der Waals surface area contributed by atoms with Gasteiger partial charge in [-0.05, 0) is 73.2 Å². The van der Waals surface area contributed by atoms with Crippen LogP contribution in [-0.4, -0.2) is 42.1 Å². The molecule has 0 atom stereocenters. The number of nitrogens with one attached hydrogen (secondary N) is 2. The number of fused-ring (bicyclic) bond motifs is 1. The molecule has 0 spiro atoms. The molecule has 1 amide bonds. The van der Waals surface area contributed by atoms with E-state index in [1.54, 1.807) is 12.1 Å². The molecule has 1 saturated carbocycles. The van der Waals surface area contributed by atoms with Crippen LogP contribution in [0.2, 0.25) is 0 Å². The summed E-state index contributed by atoms with van der Waals surface area (Å²) in [6, 6.07) is 22.2.